The van der Waals surface area contributed by atoms with Crippen molar-refractivity contribution >= 4 is 27.0 Å². The summed E-state index contributed by atoms with van der Waals surface area (Å²) in [7, 11) is -3.42. The molecule has 2 aromatic heterocycles. The van der Waals surface area contributed by atoms with Crippen LogP contribution >= 0.6 is 0 Å². The van der Waals surface area contributed by atoms with Gasteiger partial charge in [-0.2, -0.15) is 0 Å². The van der Waals surface area contributed by atoms with E-state index in [1.165, 1.54) is 6.26 Å². The number of hydrogen-bond acceptors (Lipinski definition) is 6. The SMILES string of the molecule is CC(C)(C)C(=O)c1c[nH]c2ncc(-c3cccc(C(NS(C)(=O)=O)C4(C)CCNC4)c3)nc12. The molecule has 9 heteroatoms. The van der Waals surface area contributed by atoms with Crippen LogP contribution in [0.1, 0.15) is 56.1 Å². The van der Waals surface area contributed by atoms with E-state index in [2.05, 4.69) is 26.9 Å². The van der Waals surface area contributed by atoms with E-state index in [1.807, 2.05) is 45.0 Å². The van der Waals surface area contributed by atoms with Crippen LogP contribution < -0.4 is 10.0 Å². The van der Waals surface area contributed by atoms with Crippen LogP contribution in [-0.2, 0) is 10.0 Å². The number of aromatic nitrogens is 3. The lowest BCUT2D eigenvalue weighted by Crippen LogP contribution is -2.40. The Labute approximate surface area is 194 Å². The second-order valence-electron chi connectivity index (χ2n) is 10.3. The minimum absolute atomic E-state index is 0.00646. The van der Waals surface area contributed by atoms with Crippen molar-refractivity contribution in [1.29, 1.82) is 0 Å². The molecular weight excluding hydrogens is 438 g/mol. The highest BCUT2D eigenvalue weighted by atomic mass is 32.2. The van der Waals surface area contributed by atoms with Gasteiger partial charge < -0.3 is 10.3 Å². The summed E-state index contributed by atoms with van der Waals surface area (Å²) in [5, 5.41) is 3.35. The van der Waals surface area contributed by atoms with E-state index in [4.69, 9.17) is 4.98 Å². The quantitative estimate of drug-likeness (QED) is 0.476. The summed E-state index contributed by atoms with van der Waals surface area (Å²) < 4.78 is 27.2. The highest BCUT2D eigenvalue weighted by Crippen LogP contribution is 2.40. The first-order valence-electron chi connectivity index (χ1n) is 11.0. The van der Waals surface area contributed by atoms with Gasteiger partial charge in [-0.1, -0.05) is 45.9 Å². The molecule has 1 saturated heterocycles. The average Bonchev–Trinajstić information content (AvgIpc) is 3.36. The van der Waals surface area contributed by atoms with Gasteiger partial charge in [-0.05, 0) is 24.6 Å². The molecule has 3 N–H and O–H groups in total. The van der Waals surface area contributed by atoms with E-state index in [-0.39, 0.29) is 17.2 Å². The number of rotatable bonds is 6. The molecule has 1 fully saturated rings. The van der Waals surface area contributed by atoms with Gasteiger partial charge in [-0.15, -0.1) is 0 Å². The number of sulfonamides is 1. The summed E-state index contributed by atoms with van der Waals surface area (Å²) in [6.07, 6.45) is 5.38. The zero-order valence-corrected chi connectivity index (χ0v) is 20.5. The number of fused-ring (bicyclic) bond motifs is 1. The number of nitrogens with zero attached hydrogens (tertiary/aromatic N) is 2. The molecule has 0 amide bonds. The van der Waals surface area contributed by atoms with Gasteiger partial charge >= 0.3 is 0 Å². The van der Waals surface area contributed by atoms with Gasteiger partial charge in [-0.3, -0.25) is 4.79 Å². The minimum atomic E-state index is -3.42. The first-order chi connectivity index (χ1) is 15.4. The fraction of sp³-hybridized carbons (Fsp3) is 0.458. The lowest BCUT2D eigenvalue weighted by molar-refractivity contribution is 0.0860. The molecule has 176 valence electrons. The normalized spacial score (nSPS) is 20.3. The van der Waals surface area contributed by atoms with Crippen molar-refractivity contribution in [3.63, 3.8) is 0 Å². The second kappa shape index (κ2) is 8.30. The van der Waals surface area contributed by atoms with Crippen molar-refractivity contribution in [3.05, 3.63) is 47.8 Å². The van der Waals surface area contributed by atoms with Crippen molar-refractivity contribution in [3.8, 4) is 11.3 Å². The smallest absolute Gasteiger partial charge is 0.209 e. The van der Waals surface area contributed by atoms with Gasteiger partial charge in [0.05, 0.1) is 29.8 Å². The lowest BCUT2D eigenvalue weighted by atomic mass is 9.78. The van der Waals surface area contributed by atoms with Gasteiger partial charge in [0.1, 0.15) is 5.52 Å². The standard InChI is InChI=1S/C24H31N5O3S/c1-23(2,3)21(30)17-12-26-22-19(17)28-18(13-27-22)15-7-6-8-16(11-15)20(29-33(5,31)32)24(4)9-10-25-14-24/h6-8,11-13,20,25,29H,9-10,14H2,1-5H3,(H,26,27). The Hall–Kier alpha value is -2.62. The molecule has 0 spiro atoms. The molecule has 1 aromatic carbocycles. The van der Waals surface area contributed by atoms with E-state index in [1.54, 1.807) is 12.4 Å². The van der Waals surface area contributed by atoms with Crippen LogP contribution in [0, 0.1) is 10.8 Å². The van der Waals surface area contributed by atoms with Crippen LogP contribution in [0.15, 0.2) is 36.7 Å². The zero-order valence-electron chi connectivity index (χ0n) is 19.7. The van der Waals surface area contributed by atoms with Crippen LogP contribution in [0.4, 0.5) is 0 Å². The molecule has 2 atom stereocenters. The Balaban J connectivity index is 1.77. The maximum Gasteiger partial charge on any atom is 0.209 e. The number of Topliss-reactive ketones (excluding diaryl/α,β-unsaturated/α-hetero) is 1. The summed E-state index contributed by atoms with van der Waals surface area (Å²) in [6.45, 7) is 9.29. The molecule has 3 aromatic rings. The van der Waals surface area contributed by atoms with Gasteiger partial charge in [0.15, 0.2) is 11.4 Å². The maximum atomic E-state index is 12.9. The van der Waals surface area contributed by atoms with Gasteiger partial charge in [0, 0.05) is 29.1 Å². The fourth-order valence-corrected chi connectivity index (χ4v) is 5.24. The minimum Gasteiger partial charge on any atom is -0.344 e. The summed E-state index contributed by atoms with van der Waals surface area (Å²) >= 11 is 0. The number of carbonyl (C=O) groups excluding carboxylic acids is 1. The number of ketones is 1. The third-order valence-corrected chi connectivity index (χ3v) is 6.92. The summed E-state index contributed by atoms with van der Waals surface area (Å²) in [4.78, 5) is 25.2. The maximum absolute atomic E-state index is 12.9. The van der Waals surface area contributed by atoms with Crippen LogP contribution in [0.2, 0.25) is 0 Å². The largest absolute Gasteiger partial charge is 0.344 e. The molecule has 2 unspecified atom stereocenters. The summed E-state index contributed by atoms with van der Waals surface area (Å²) in [6, 6.07) is 7.33. The van der Waals surface area contributed by atoms with E-state index in [0.29, 0.717) is 22.4 Å². The van der Waals surface area contributed by atoms with Crippen LogP contribution in [0.5, 0.6) is 0 Å². The van der Waals surface area contributed by atoms with E-state index in [0.717, 1.165) is 30.6 Å². The highest BCUT2D eigenvalue weighted by Gasteiger charge is 2.39. The molecule has 0 saturated carbocycles. The van der Waals surface area contributed by atoms with Crippen LogP contribution in [0.25, 0.3) is 22.4 Å². The Morgan fingerprint density at radius 3 is 2.67 bits per heavy atom. The van der Waals surface area contributed by atoms with Crippen molar-refractivity contribution in [1.82, 2.24) is 25.0 Å². The third kappa shape index (κ3) is 4.85. The predicted molar refractivity (Wildman–Crippen MR) is 129 cm³/mol. The average molecular weight is 470 g/mol. The molecule has 1 aliphatic rings. The van der Waals surface area contributed by atoms with Crippen molar-refractivity contribution < 1.29 is 13.2 Å². The summed E-state index contributed by atoms with van der Waals surface area (Å²) in [5.74, 6) is -0.00646. The Bertz CT molecular complexity index is 1300. The number of benzene rings is 1. The fourth-order valence-electron chi connectivity index (χ4n) is 4.39. The summed E-state index contributed by atoms with van der Waals surface area (Å²) in [5.41, 5.74) is 3.12. The number of carbonyl (C=O) groups is 1. The van der Waals surface area contributed by atoms with Crippen LogP contribution in [-0.4, -0.2) is 48.5 Å². The number of hydrogen-bond donors (Lipinski definition) is 3. The number of H-pyrrole nitrogens is 1. The highest BCUT2D eigenvalue weighted by molar-refractivity contribution is 7.88. The van der Waals surface area contributed by atoms with Crippen LogP contribution in [0.3, 0.4) is 0 Å². The van der Waals surface area contributed by atoms with Crippen molar-refractivity contribution in [2.75, 3.05) is 19.3 Å². The Morgan fingerprint density at radius 1 is 1.27 bits per heavy atom. The van der Waals surface area contributed by atoms with Gasteiger partial charge in [-0.25, -0.2) is 23.1 Å². The topological polar surface area (TPSA) is 117 Å². The van der Waals surface area contributed by atoms with Crippen molar-refractivity contribution in [2.45, 2.75) is 40.2 Å². The first-order valence-corrected chi connectivity index (χ1v) is 12.9. The molecule has 4 rings (SSSR count). The molecule has 3 heterocycles. The first kappa shape index (κ1) is 23.5. The monoisotopic (exact) mass is 469 g/mol. The molecule has 0 bridgehead atoms. The second-order valence-corrected chi connectivity index (χ2v) is 12.0. The molecule has 1 aliphatic heterocycles. The third-order valence-electron chi connectivity index (χ3n) is 6.25. The van der Waals surface area contributed by atoms with Gasteiger partial charge in [0.25, 0.3) is 0 Å². The van der Waals surface area contributed by atoms with Crippen molar-refractivity contribution in [2.24, 2.45) is 10.8 Å². The lowest BCUT2D eigenvalue weighted by Gasteiger charge is -2.34. The molecule has 33 heavy (non-hydrogen) atoms. The van der Waals surface area contributed by atoms with E-state index < -0.39 is 15.4 Å². The zero-order chi connectivity index (χ0) is 24.0. The number of aromatic amines is 1. The molecule has 0 aliphatic carbocycles. The molecular formula is C24H31N5O3S. The Kier molecular flexibility index (Phi) is 5.92. The van der Waals surface area contributed by atoms with E-state index >= 15 is 0 Å². The van der Waals surface area contributed by atoms with Gasteiger partial charge in [0.2, 0.25) is 10.0 Å². The number of nitrogens with one attached hydrogen (secondary N) is 3. The predicted octanol–water partition coefficient (Wildman–Crippen LogP) is 3.44. The molecule has 0 radical (unpaired) electrons. The Morgan fingerprint density at radius 2 is 2.03 bits per heavy atom. The van der Waals surface area contributed by atoms with E-state index in [9.17, 15) is 13.2 Å². The molecule has 8 nitrogen and oxygen atoms in total.